The maximum atomic E-state index is 15.4. The van der Waals surface area contributed by atoms with E-state index in [1.54, 1.807) is 18.3 Å². The summed E-state index contributed by atoms with van der Waals surface area (Å²) in [6.07, 6.45) is 1.71. The molecular weight excluding hydrogens is 492 g/mol. The molecule has 4 rings (SSSR count). The van der Waals surface area contributed by atoms with E-state index in [0.29, 0.717) is 16.8 Å². The summed E-state index contributed by atoms with van der Waals surface area (Å²) in [4.78, 5) is 21.7. The van der Waals surface area contributed by atoms with Gasteiger partial charge in [-0.2, -0.15) is 0 Å². The highest BCUT2D eigenvalue weighted by Crippen LogP contribution is 2.33. The molecule has 1 atom stereocenters. The molecule has 0 radical (unpaired) electrons. The zero-order valence-electron chi connectivity index (χ0n) is 21.8. The number of methoxy groups -OCH3 is 1. The van der Waals surface area contributed by atoms with Crippen LogP contribution in [0.2, 0.25) is 0 Å². The summed E-state index contributed by atoms with van der Waals surface area (Å²) in [5.41, 5.74) is -1.50. The van der Waals surface area contributed by atoms with Gasteiger partial charge in [0, 0.05) is 28.3 Å². The maximum absolute atomic E-state index is 15.4. The quantitative estimate of drug-likeness (QED) is 0.324. The van der Waals surface area contributed by atoms with Crippen molar-refractivity contribution in [1.29, 1.82) is 0 Å². The Kier molecular flexibility index (Phi) is 7.18. The Balaban J connectivity index is 1.67. The molecule has 0 bridgehead atoms. The van der Waals surface area contributed by atoms with Crippen LogP contribution in [0.5, 0.6) is 5.75 Å². The lowest BCUT2D eigenvalue weighted by atomic mass is 9.91. The molecule has 0 saturated carbocycles. The third-order valence-electron chi connectivity index (χ3n) is 6.25. The Bertz CT molecular complexity index is 1510. The van der Waals surface area contributed by atoms with Crippen molar-refractivity contribution in [2.75, 3.05) is 13.7 Å². The Morgan fingerprint density at radius 3 is 2.37 bits per heavy atom. The Morgan fingerprint density at radius 2 is 1.74 bits per heavy atom. The molecule has 0 aliphatic rings. The number of nitrogens with zero attached hydrogens (tertiary/aromatic N) is 2. The summed E-state index contributed by atoms with van der Waals surface area (Å²) in [7, 11) is 1.49. The predicted octanol–water partition coefficient (Wildman–Crippen LogP) is 4.76. The van der Waals surface area contributed by atoms with Crippen LogP contribution in [-0.4, -0.2) is 39.7 Å². The molecule has 0 fully saturated rings. The van der Waals surface area contributed by atoms with E-state index < -0.39 is 28.7 Å². The molecular formula is C29H29F2N3O4. The average Bonchev–Trinajstić information content (AvgIpc) is 2.86. The summed E-state index contributed by atoms with van der Waals surface area (Å²) in [6.45, 7) is 5.85. The van der Waals surface area contributed by atoms with Crippen LogP contribution in [0.3, 0.4) is 0 Å². The van der Waals surface area contributed by atoms with E-state index in [1.807, 2.05) is 13.0 Å². The van der Waals surface area contributed by atoms with Crippen molar-refractivity contribution in [1.82, 2.24) is 15.3 Å². The Hall–Kier alpha value is -3.95. The highest BCUT2D eigenvalue weighted by Gasteiger charge is 2.32. The van der Waals surface area contributed by atoms with Crippen molar-refractivity contribution in [3.63, 3.8) is 0 Å². The second-order valence-electron chi connectivity index (χ2n) is 10.0. The molecule has 4 aromatic rings. The number of hydrogen-bond acceptors (Lipinski definition) is 6. The van der Waals surface area contributed by atoms with Gasteiger partial charge in [0.2, 0.25) is 0 Å². The van der Waals surface area contributed by atoms with E-state index >= 15 is 4.39 Å². The number of pyridine rings is 2. The normalized spacial score (nSPS) is 13.3. The average molecular weight is 522 g/mol. The van der Waals surface area contributed by atoms with Crippen molar-refractivity contribution in [3.05, 3.63) is 88.7 Å². The highest BCUT2D eigenvalue weighted by molar-refractivity contribution is 6.00. The summed E-state index contributed by atoms with van der Waals surface area (Å²) < 4.78 is 34.3. The molecule has 7 nitrogen and oxygen atoms in total. The summed E-state index contributed by atoms with van der Waals surface area (Å²) in [5.74, 6) is -1.34. The number of carbonyl (C=O) groups excluding carboxylic acids is 1. The molecule has 198 valence electrons. The third-order valence-corrected chi connectivity index (χ3v) is 6.25. The number of fused-ring (bicyclic) bond motifs is 1. The lowest BCUT2D eigenvalue weighted by Gasteiger charge is -2.27. The predicted molar refractivity (Wildman–Crippen MR) is 140 cm³/mol. The van der Waals surface area contributed by atoms with Gasteiger partial charge in [0.25, 0.3) is 5.91 Å². The second kappa shape index (κ2) is 10.1. The van der Waals surface area contributed by atoms with Gasteiger partial charge in [-0.05, 0) is 81.8 Å². The largest absolute Gasteiger partial charge is 0.494 e. The number of aliphatic hydroxyl groups is 2. The molecule has 0 aliphatic carbocycles. The van der Waals surface area contributed by atoms with Crippen LogP contribution >= 0.6 is 0 Å². The molecule has 2 aromatic heterocycles. The van der Waals surface area contributed by atoms with Crippen LogP contribution in [0, 0.1) is 18.6 Å². The number of hydrogen-bond donors (Lipinski definition) is 3. The standard InChI is InChI=1S/C29H29F2N3O4/c1-16-10-18-11-19(12-22(38-5)25(18)32-14-16)27(35)33-15-29(4,37)23-13-21(28(2,3)36)24(31)26(34-23)17-6-8-20(30)9-7-17/h6-14,36-37H,15H2,1-5H3,(H,33,35)/t29-/m0/s1. The van der Waals surface area contributed by atoms with Crippen LogP contribution in [0.25, 0.3) is 22.2 Å². The number of benzene rings is 2. The van der Waals surface area contributed by atoms with Gasteiger partial charge in [0.15, 0.2) is 5.82 Å². The molecule has 0 unspecified atom stereocenters. The van der Waals surface area contributed by atoms with Crippen molar-refractivity contribution in [2.45, 2.75) is 38.9 Å². The first-order valence-electron chi connectivity index (χ1n) is 11.9. The lowest BCUT2D eigenvalue weighted by molar-refractivity contribution is 0.0469. The van der Waals surface area contributed by atoms with E-state index in [1.165, 1.54) is 58.2 Å². The van der Waals surface area contributed by atoms with E-state index in [9.17, 15) is 19.4 Å². The summed E-state index contributed by atoms with van der Waals surface area (Å²) >= 11 is 0. The monoisotopic (exact) mass is 521 g/mol. The number of amides is 1. The number of aromatic nitrogens is 2. The zero-order chi connectivity index (χ0) is 27.8. The van der Waals surface area contributed by atoms with E-state index in [-0.39, 0.29) is 29.1 Å². The van der Waals surface area contributed by atoms with Crippen molar-refractivity contribution in [3.8, 4) is 17.0 Å². The van der Waals surface area contributed by atoms with E-state index in [2.05, 4.69) is 15.3 Å². The van der Waals surface area contributed by atoms with Gasteiger partial charge in [0.1, 0.15) is 28.4 Å². The Labute approximate surface area is 219 Å². The number of ether oxygens (including phenoxy) is 1. The third kappa shape index (κ3) is 5.49. The summed E-state index contributed by atoms with van der Waals surface area (Å²) in [6, 6.07) is 11.4. The molecule has 0 aliphatic heterocycles. The first-order chi connectivity index (χ1) is 17.8. The maximum Gasteiger partial charge on any atom is 0.251 e. The number of nitrogens with one attached hydrogen (secondary N) is 1. The van der Waals surface area contributed by atoms with Crippen LogP contribution in [-0.2, 0) is 11.2 Å². The highest BCUT2D eigenvalue weighted by atomic mass is 19.1. The number of aryl methyl sites for hydroxylation is 1. The fourth-order valence-electron chi connectivity index (χ4n) is 4.11. The van der Waals surface area contributed by atoms with Gasteiger partial charge in [-0.15, -0.1) is 0 Å². The van der Waals surface area contributed by atoms with Gasteiger partial charge in [-0.3, -0.25) is 9.78 Å². The van der Waals surface area contributed by atoms with Crippen molar-refractivity contribution in [2.24, 2.45) is 0 Å². The Morgan fingerprint density at radius 1 is 1.05 bits per heavy atom. The fourth-order valence-corrected chi connectivity index (χ4v) is 4.11. The molecule has 2 aromatic carbocycles. The van der Waals surface area contributed by atoms with Gasteiger partial charge in [-0.25, -0.2) is 13.8 Å². The molecule has 0 saturated heterocycles. The number of rotatable bonds is 7. The zero-order valence-corrected chi connectivity index (χ0v) is 21.8. The van der Waals surface area contributed by atoms with Gasteiger partial charge >= 0.3 is 0 Å². The first-order valence-corrected chi connectivity index (χ1v) is 11.9. The van der Waals surface area contributed by atoms with Crippen molar-refractivity contribution < 1.29 is 28.5 Å². The van der Waals surface area contributed by atoms with Crippen LogP contribution < -0.4 is 10.1 Å². The molecule has 2 heterocycles. The minimum atomic E-state index is -1.75. The molecule has 0 spiro atoms. The van der Waals surface area contributed by atoms with Gasteiger partial charge < -0.3 is 20.3 Å². The van der Waals surface area contributed by atoms with Gasteiger partial charge in [-0.1, -0.05) is 0 Å². The SMILES string of the molecule is COc1cc(C(=O)NC[C@](C)(O)c2cc(C(C)(C)O)c(F)c(-c3ccc(F)cc3)n2)cc2cc(C)cnc12. The van der Waals surface area contributed by atoms with E-state index in [0.717, 1.165) is 10.9 Å². The second-order valence-corrected chi connectivity index (χ2v) is 10.0. The van der Waals surface area contributed by atoms with Crippen LogP contribution in [0.4, 0.5) is 8.78 Å². The number of halogens is 2. The molecule has 38 heavy (non-hydrogen) atoms. The van der Waals surface area contributed by atoms with Gasteiger partial charge in [0.05, 0.1) is 24.9 Å². The topological polar surface area (TPSA) is 105 Å². The van der Waals surface area contributed by atoms with E-state index in [4.69, 9.17) is 4.74 Å². The van der Waals surface area contributed by atoms with Crippen LogP contribution in [0.1, 0.15) is 48.0 Å². The summed E-state index contributed by atoms with van der Waals surface area (Å²) in [5, 5.41) is 25.3. The minimum absolute atomic E-state index is 0.0200. The molecule has 1 amide bonds. The van der Waals surface area contributed by atoms with Crippen molar-refractivity contribution >= 4 is 16.8 Å². The number of carbonyl (C=O) groups is 1. The molecule has 9 heteroatoms. The minimum Gasteiger partial charge on any atom is -0.494 e. The fraction of sp³-hybridized carbons (Fsp3) is 0.276. The molecule has 3 N–H and O–H groups in total. The first kappa shape index (κ1) is 27.1. The lowest BCUT2D eigenvalue weighted by Crippen LogP contribution is -2.39. The van der Waals surface area contributed by atoms with Crippen LogP contribution in [0.15, 0.2) is 54.7 Å². The smallest absolute Gasteiger partial charge is 0.251 e.